The van der Waals surface area contributed by atoms with E-state index < -0.39 is 10.0 Å². The highest BCUT2D eigenvalue weighted by molar-refractivity contribution is 7.89. The molecule has 2 aromatic rings. The van der Waals surface area contributed by atoms with Crippen LogP contribution in [0, 0.1) is 0 Å². The number of rotatable bonds is 5. The number of hydrogen-bond donors (Lipinski definition) is 1. The Morgan fingerprint density at radius 2 is 1.76 bits per heavy atom. The Morgan fingerprint density at radius 3 is 2.28 bits per heavy atom. The Morgan fingerprint density at radius 1 is 1.12 bits per heavy atom. The number of benzene rings is 2. The van der Waals surface area contributed by atoms with Gasteiger partial charge in [-0.3, -0.25) is 4.99 Å². The molecular weight excluding hydrogens is 336 g/mol. The summed E-state index contributed by atoms with van der Waals surface area (Å²) in [5, 5.41) is 5.33. The van der Waals surface area contributed by atoms with Gasteiger partial charge in [-0.25, -0.2) is 13.6 Å². The predicted octanol–water partition coefficient (Wildman–Crippen LogP) is 3.78. The van der Waals surface area contributed by atoms with Crippen molar-refractivity contribution in [2.45, 2.75) is 38.0 Å². The molecular formula is C19H24N2O3S. The second kappa shape index (κ2) is 7.37. The minimum Gasteiger partial charge on any atom is -0.494 e. The Bertz CT molecular complexity index is 865. The van der Waals surface area contributed by atoms with E-state index >= 15 is 0 Å². The second-order valence-electron chi connectivity index (χ2n) is 6.74. The molecule has 0 saturated heterocycles. The van der Waals surface area contributed by atoms with Crippen LogP contribution in [0.3, 0.4) is 0 Å². The van der Waals surface area contributed by atoms with E-state index in [-0.39, 0.29) is 10.3 Å². The van der Waals surface area contributed by atoms with Crippen molar-refractivity contribution in [2.24, 2.45) is 10.1 Å². The van der Waals surface area contributed by atoms with Gasteiger partial charge in [-0.15, -0.1) is 0 Å². The van der Waals surface area contributed by atoms with Crippen LogP contribution >= 0.6 is 0 Å². The first-order chi connectivity index (χ1) is 11.6. The van der Waals surface area contributed by atoms with Crippen molar-refractivity contribution >= 4 is 21.9 Å². The number of sulfonamides is 1. The molecule has 0 atom stereocenters. The lowest BCUT2D eigenvalue weighted by atomic mass is 9.87. The van der Waals surface area contributed by atoms with Crippen molar-refractivity contribution in [3.8, 4) is 5.75 Å². The van der Waals surface area contributed by atoms with Gasteiger partial charge in [0.1, 0.15) is 5.75 Å². The Kier molecular flexibility index (Phi) is 5.65. The number of hydrogen-bond acceptors (Lipinski definition) is 4. The lowest BCUT2D eigenvalue weighted by molar-refractivity contribution is 0.340. The molecule has 6 heteroatoms. The average molecular weight is 360 g/mol. The molecule has 2 aromatic carbocycles. The summed E-state index contributed by atoms with van der Waals surface area (Å²) in [5.74, 6) is 0.812. The summed E-state index contributed by atoms with van der Waals surface area (Å²) < 4.78 is 29.0. The predicted molar refractivity (Wildman–Crippen MR) is 101 cm³/mol. The standard InChI is InChI=1S/C19H24N2O3S/c1-5-24-16-9-6-14(7-10-16)13-21-15-8-11-18(25(20,22)23)17(12-15)19(2,3)4/h6-13H,5H2,1-4H3,(H2,20,22,23). The number of ether oxygens (including phenoxy) is 1. The van der Waals surface area contributed by atoms with E-state index in [1.54, 1.807) is 18.3 Å². The fourth-order valence-corrected chi connectivity index (χ4v) is 3.33. The third-order valence-corrected chi connectivity index (χ3v) is 4.60. The zero-order valence-corrected chi connectivity index (χ0v) is 15.8. The molecule has 0 fully saturated rings. The van der Waals surface area contributed by atoms with Crippen LogP contribution in [-0.2, 0) is 15.4 Å². The quantitative estimate of drug-likeness (QED) is 0.824. The molecule has 0 saturated carbocycles. The summed E-state index contributed by atoms with van der Waals surface area (Å²) in [4.78, 5) is 4.59. The Labute approximate surface area is 149 Å². The zero-order valence-electron chi connectivity index (χ0n) is 15.0. The van der Waals surface area contributed by atoms with Crippen LogP contribution in [0.25, 0.3) is 0 Å². The minimum atomic E-state index is -3.78. The van der Waals surface area contributed by atoms with Crippen molar-refractivity contribution in [1.82, 2.24) is 0 Å². The van der Waals surface area contributed by atoms with Gasteiger partial charge in [-0.1, -0.05) is 20.8 Å². The monoisotopic (exact) mass is 360 g/mol. The van der Waals surface area contributed by atoms with Crippen molar-refractivity contribution in [1.29, 1.82) is 0 Å². The van der Waals surface area contributed by atoms with Gasteiger partial charge < -0.3 is 4.74 Å². The smallest absolute Gasteiger partial charge is 0.238 e. The molecule has 0 bridgehead atoms. The van der Waals surface area contributed by atoms with Crippen LogP contribution in [0.1, 0.15) is 38.8 Å². The van der Waals surface area contributed by atoms with Gasteiger partial charge in [0.25, 0.3) is 0 Å². The summed E-state index contributed by atoms with van der Waals surface area (Å²) in [5.41, 5.74) is 1.88. The van der Waals surface area contributed by atoms with E-state index in [9.17, 15) is 8.42 Å². The third-order valence-electron chi connectivity index (χ3n) is 3.63. The van der Waals surface area contributed by atoms with E-state index in [0.717, 1.165) is 11.3 Å². The van der Waals surface area contributed by atoms with Crippen LogP contribution < -0.4 is 9.88 Å². The molecule has 25 heavy (non-hydrogen) atoms. The summed E-state index contributed by atoms with van der Waals surface area (Å²) >= 11 is 0. The fourth-order valence-electron chi connectivity index (χ4n) is 2.40. The maximum absolute atomic E-state index is 11.8. The topological polar surface area (TPSA) is 81.8 Å². The molecule has 134 valence electrons. The van der Waals surface area contributed by atoms with Crippen LogP contribution in [-0.4, -0.2) is 21.2 Å². The van der Waals surface area contributed by atoms with E-state index in [1.807, 2.05) is 52.0 Å². The lowest BCUT2D eigenvalue weighted by Gasteiger charge is -2.22. The molecule has 5 nitrogen and oxygen atoms in total. The SMILES string of the molecule is CCOc1ccc(C=Nc2ccc(S(N)(=O)=O)c(C(C)(C)C)c2)cc1. The molecule has 0 aliphatic heterocycles. The minimum absolute atomic E-state index is 0.139. The first-order valence-electron chi connectivity index (χ1n) is 8.05. The molecule has 0 radical (unpaired) electrons. The lowest BCUT2D eigenvalue weighted by Crippen LogP contribution is -2.21. The number of aliphatic imine (C=N–C) groups is 1. The molecule has 0 aliphatic rings. The Hall–Kier alpha value is -2.18. The first-order valence-corrected chi connectivity index (χ1v) is 9.60. The molecule has 0 aliphatic carbocycles. The second-order valence-corrected chi connectivity index (χ2v) is 8.27. The van der Waals surface area contributed by atoms with Crippen molar-refractivity contribution in [3.05, 3.63) is 53.6 Å². The molecule has 2 N–H and O–H groups in total. The van der Waals surface area contributed by atoms with Gasteiger partial charge in [-0.2, -0.15) is 0 Å². The van der Waals surface area contributed by atoms with Gasteiger partial charge in [-0.05, 0) is 65.9 Å². The summed E-state index contributed by atoms with van der Waals surface area (Å²) in [6, 6.07) is 12.5. The van der Waals surface area contributed by atoms with Crippen molar-refractivity contribution in [2.75, 3.05) is 6.61 Å². The van der Waals surface area contributed by atoms with Crippen LogP contribution in [0.2, 0.25) is 0 Å². The third kappa shape index (κ3) is 5.14. The molecule has 0 amide bonds. The summed E-state index contributed by atoms with van der Waals surface area (Å²) in [7, 11) is -3.78. The van der Waals surface area contributed by atoms with E-state index in [0.29, 0.717) is 17.9 Å². The van der Waals surface area contributed by atoms with E-state index in [2.05, 4.69) is 4.99 Å². The largest absolute Gasteiger partial charge is 0.494 e. The maximum Gasteiger partial charge on any atom is 0.238 e. The fraction of sp³-hybridized carbons (Fsp3) is 0.316. The zero-order chi connectivity index (χ0) is 18.7. The highest BCUT2D eigenvalue weighted by Gasteiger charge is 2.23. The van der Waals surface area contributed by atoms with Gasteiger partial charge in [0.2, 0.25) is 10.0 Å². The van der Waals surface area contributed by atoms with E-state index in [4.69, 9.17) is 9.88 Å². The molecule has 2 rings (SSSR count). The first kappa shape index (κ1) is 19.1. The highest BCUT2D eigenvalue weighted by atomic mass is 32.2. The molecule has 0 aromatic heterocycles. The molecule has 0 heterocycles. The van der Waals surface area contributed by atoms with Crippen molar-refractivity contribution in [3.63, 3.8) is 0 Å². The van der Waals surface area contributed by atoms with Gasteiger partial charge in [0, 0.05) is 6.21 Å². The van der Waals surface area contributed by atoms with Gasteiger partial charge in [0.05, 0.1) is 17.2 Å². The number of nitrogens with zero attached hydrogens (tertiary/aromatic N) is 1. The van der Waals surface area contributed by atoms with Gasteiger partial charge >= 0.3 is 0 Å². The average Bonchev–Trinajstić information content (AvgIpc) is 2.52. The highest BCUT2D eigenvalue weighted by Crippen LogP contribution is 2.31. The summed E-state index contributed by atoms with van der Waals surface area (Å²) in [6.07, 6.45) is 1.73. The number of primary sulfonamides is 1. The van der Waals surface area contributed by atoms with Crippen LogP contribution in [0.5, 0.6) is 5.75 Å². The van der Waals surface area contributed by atoms with Gasteiger partial charge in [0.15, 0.2) is 0 Å². The molecule has 0 unspecified atom stereocenters. The molecule has 0 spiro atoms. The van der Waals surface area contributed by atoms with Crippen LogP contribution in [0.15, 0.2) is 52.4 Å². The van der Waals surface area contributed by atoms with Crippen molar-refractivity contribution < 1.29 is 13.2 Å². The maximum atomic E-state index is 11.8. The summed E-state index contributed by atoms with van der Waals surface area (Å²) in [6.45, 7) is 8.39. The Balaban J connectivity index is 2.34. The normalized spacial score (nSPS) is 12.5. The van der Waals surface area contributed by atoms with E-state index in [1.165, 1.54) is 6.07 Å². The number of nitrogens with two attached hydrogens (primary N) is 1. The van der Waals surface area contributed by atoms with Crippen LogP contribution in [0.4, 0.5) is 5.69 Å².